The number of hydrogen-bond donors (Lipinski definition) is 2. The van der Waals surface area contributed by atoms with E-state index >= 15 is 0 Å². The molecule has 0 radical (unpaired) electrons. The van der Waals surface area contributed by atoms with Crippen LogP contribution in [0.3, 0.4) is 0 Å². The van der Waals surface area contributed by atoms with Gasteiger partial charge in [-0.25, -0.2) is 4.98 Å². The number of benzene rings is 2. The number of alkyl halides is 3. The summed E-state index contributed by atoms with van der Waals surface area (Å²) in [7, 11) is 1.47. The summed E-state index contributed by atoms with van der Waals surface area (Å²) in [4.78, 5) is 22.2. The first kappa shape index (κ1) is 23.1. The topological polar surface area (TPSA) is 79.5 Å². The molecule has 0 unspecified atom stereocenters. The van der Waals surface area contributed by atoms with Gasteiger partial charge in [0.15, 0.2) is 0 Å². The number of ether oxygens (including phenoxy) is 2. The van der Waals surface area contributed by atoms with Crippen molar-refractivity contribution >= 4 is 16.9 Å². The van der Waals surface area contributed by atoms with Gasteiger partial charge in [-0.15, -0.1) is 0 Å². The molecule has 1 amide bonds. The Kier molecular flexibility index (Phi) is 6.85. The Morgan fingerprint density at radius 2 is 2.00 bits per heavy atom. The van der Waals surface area contributed by atoms with Gasteiger partial charge in [0.2, 0.25) is 0 Å². The zero-order valence-corrected chi connectivity index (χ0v) is 18.2. The van der Waals surface area contributed by atoms with E-state index in [1.54, 1.807) is 18.2 Å². The van der Waals surface area contributed by atoms with Crippen molar-refractivity contribution in [3.63, 3.8) is 0 Å². The molecule has 0 atom stereocenters. The van der Waals surface area contributed by atoms with Crippen molar-refractivity contribution in [2.24, 2.45) is 0 Å². The maximum absolute atomic E-state index is 13.0. The molecule has 1 saturated heterocycles. The van der Waals surface area contributed by atoms with Crippen LogP contribution in [0.2, 0.25) is 0 Å². The number of rotatable bonds is 7. The Morgan fingerprint density at radius 1 is 1.21 bits per heavy atom. The zero-order chi connectivity index (χ0) is 23.4. The summed E-state index contributed by atoms with van der Waals surface area (Å²) in [6.45, 7) is 4.75. The zero-order valence-electron chi connectivity index (χ0n) is 18.2. The van der Waals surface area contributed by atoms with Crippen LogP contribution in [-0.4, -0.2) is 67.3 Å². The van der Waals surface area contributed by atoms with E-state index < -0.39 is 11.7 Å². The van der Waals surface area contributed by atoms with Crippen LogP contribution in [-0.2, 0) is 10.9 Å². The van der Waals surface area contributed by atoms with Gasteiger partial charge in [0, 0.05) is 25.2 Å². The molecular weight excluding hydrogens is 437 g/mol. The van der Waals surface area contributed by atoms with Crippen LogP contribution in [0.15, 0.2) is 36.4 Å². The van der Waals surface area contributed by atoms with E-state index in [0.29, 0.717) is 34.8 Å². The van der Waals surface area contributed by atoms with Gasteiger partial charge < -0.3 is 19.8 Å². The first-order valence-corrected chi connectivity index (χ1v) is 10.7. The summed E-state index contributed by atoms with van der Waals surface area (Å²) >= 11 is 0. The lowest BCUT2D eigenvalue weighted by Crippen LogP contribution is -2.38. The van der Waals surface area contributed by atoms with Gasteiger partial charge in [0.05, 0.1) is 42.5 Å². The van der Waals surface area contributed by atoms with Crippen LogP contribution in [0, 0.1) is 0 Å². The largest absolute Gasteiger partial charge is 0.496 e. The summed E-state index contributed by atoms with van der Waals surface area (Å²) in [5, 5.41) is 2.91. The predicted octanol–water partition coefficient (Wildman–Crippen LogP) is 3.71. The molecule has 0 saturated carbocycles. The van der Waals surface area contributed by atoms with Gasteiger partial charge in [-0.1, -0.05) is 0 Å². The Hall–Kier alpha value is -3.11. The summed E-state index contributed by atoms with van der Waals surface area (Å²) in [5.41, 5.74) is 0.896. The van der Waals surface area contributed by atoms with Crippen LogP contribution in [0.5, 0.6) is 5.75 Å². The molecule has 4 rings (SSSR count). The lowest BCUT2D eigenvalue weighted by molar-refractivity contribution is -0.137. The molecule has 10 heteroatoms. The maximum atomic E-state index is 13.0. The number of imidazole rings is 1. The third-order valence-corrected chi connectivity index (χ3v) is 5.57. The number of H-pyrrole nitrogens is 1. The molecule has 0 spiro atoms. The SMILES string of the molecule is COc1cc(C(=O)NCCCN2CCOCC2)ccc1-c1nc2ccc(C(F)(F)F)cc2[nH]1. The molecule has 176 valence electrons. The van der Waals surface area contributed by atoms with E-state index in [4.69, 9.17) is 9.47 Å². The summed E-state index contributed by atoms with van der Waals surface area (Å²) in [6, 6.07) is 8.26. The summed E-state index contributed by atoms with van der Waals surface area (Å²) < 4.78 is 49.7. The van der Waals surface area contributed by atoms with Crippen molar-refractivity contribution < 1.29 is 27.4 Å². The molecule has 33 heavy (non-hydrogen) atoms. The number of morpholine rings is 1. The number of carbonyl (C=O) groups excluding carboxylic acids is 1. The number of halogens is 3. The second-order valence-corrected chi connectivity index (χ2v) is 7.79. The molecule has 1 aliphatic rings. The minimum Gasteiger partial charge on any atom is -0.496 e. The normalized spacial score (nSPS) is 15.0. The molecule has 7 nitrogen and oxygen atoms in total. The van der Waals surface area contributed by atoms with Crippen LogP contribution < -0.4 is 10.1 Å². The number of carbonyl (C=O) groups is 1. The van der Waals surface area contributed by atoms with Gasteiger partial charge in [0.25, 0.3) is 5.91 Å². The van der Waals surface area contributed by atoms with Crippen molar-refractivity contribution in [3.8, 4) is 17.1 Å². The molecule has 2 N–H and O–H groups in total. The van der Waals surface area contributed by atoms with Gasteiger partial charge in [-0.2, -0.15) is 13.2 Å². The number of nitrogens with one attached hydrogen (secondary N) is 2. The minimum absolute atomic E-state index is 0.221. The highest BCUT2D eigenvalue weighted by Gasteiger charge is 2.30. The van der Waals surface area contributed by atoms with Crippen molar-refractivity contribution in [2.45, 2.75) is 12.6 Å². The highest BCUT2D eigenvalue weighted by molar-refractivity contribution is 5.95. The molecule has 1 aliphatic heterocycles. The van der Waals surface area contributed by atoms with Gasteiger partial charge in [-0.05, 0) is 49.4 Å². The molecular formula is C23H25F3N4O3. The molecule has 2 heterocycles. The summed E-state index contributed by atoms with van der Waals surface area (Å²) in [5.74, 6) is 0.533. The second kappa shape index (κ2) is 9.80. The number of methoxy groups -OCH3 is 1. The quantitative estimate of drug-likeness (QED) is 0.524. The molecule has 0 aliphatic carbocycles. The molecule has 3 aromatic rings. The van der Waals surface area contributed by atoms with E-state index in [2.05, 4.69) is 20.2 Å². The first-order valence-electron chi connectivity index (χ1n) is 10.7. The number of hydrogen-bond acceptors (Lipinski definition) is 5. The van der Waals surface area contributed by atoms with Crippen molar-refractivity contribution in [2.75, 3.05) is 46.5 Å². The van der Waals surface area contributed by atoms with Gasteiger partial charge in [-0.3, -0.25) is 9.69 Å². The molecule has 1 fully saturated rings. The summed E-state index contributed by atoms with van der Waals surface area (Å²) in [6.07, 6.45) is -3.60. The van der Waals surface area contributed by atoms with Gasteiger partial charge >= 0.3 is 6.18 Å². The van der Waals surface area contributed by atoms with E-state index in [1.807, 2.05) is 0 Å². The predicted molar refractivity (Wildman–Crippen MR) is 117 cm³/mol. The lowest BCUT2D eigenvalue weighted by atomic mass is 10.1. The fraction of sp³-hybridized carbons (Fsp3) is 0.391. The average molecular weight is 462 g/mol. The monoisotopic (exact) mass is 462 g/mol. The van der Waals surface area contributed by atoms with Crippen LogP contribution in [0.1, 0.15) is 22.3 Å². The molecule has 1 aromatic heterocycles. The van der Waals surface area contributed by atoms with Crippen LogP contribution in [0.25, 0.3) is 22.4 Å². The van der Waals surface area contributed by atoms with Crippen molar-refractivity contribution in [1.29, 1.82) is 0 Å². The van der Waals surface area contributed by atoms with Crippen LogP contribution >= 0.6 is 0 Å². The number of aromatic nitrogens is 2. The highest BCUT2D eigenvalue weighted by Crippen LogP contribution is 2.34. The van der Waals surface area contributed by atoms with E-state index in [0.717, 1.165) is 51.4 Å². The Morgan fingerprint density at radius 3 is 2.73 bits per heavy atom. The molecule has 2 aromatic carbocycles. The van der Waals surface area contributed by atoms with E-state index in [9.17, 15) is 18.0 Å². The highest BCUT2D eigenvalue weighted by atomic mass is 19.4. The third kappa shape index (κ3) is 5.45. The maximum Gasteiger partial charge on any atom is 0.416 e. The van der Waals surface area contributed by atoms with Crippen molar-refractivity contribution in [1.82, 2.24) is 20.2 Å². The standard InChI is InChI=1S/C23H25F3N4O3/c1-32-20-13-15(22(31)27-7-2-8-30-9-11-33-12-10-30)3-5-17(20)21-28-18-6-4-16(23(24,25)26)14-19(18)29-21/h3-6,13-14H,2,7-12H2,1H3,(H,27,31)(H,28,29). The Bertz CT molecular complexity index is 1120. The fourth-order valence-electron chi connectivity index (χ4n) is 3.77. The first-order chi connectivity index (χ1) is 15.8. The van der Waals surface area contributed by atoms with Crippen molar-refractivity contribution in [3.05, 3.63) is 47.5 Å². The number of amides is 1. The smallest absolute Gasteiger partial charge is 0.416 e. The number of aromatic amines is 1. The Balaban J connectivity index is 1.44. The third-order valence-electron chi connectivity index (χ3n) is 5.57. The van der Waals surface area contributed by atoms with Crippen LogP contribution in [0.4, 0.5) is 13.2 Å². The minimum atomic E-state index is -4.44. The number of fused-ring (bicyclic) bond motifs is 1. The Labute approximate surface area is 188 Å². The average Bonchev–Trinajstić information content (AvgIpc) is 3.24. The lowest BCUT2D eigenvalue weighted by Gasteiger charge is -2.26. The van der Waals surface area contributed by atoms with Gasteiger partial charge in [0.1, 0.15) is 11.6 Å². The fourth-order valence-corrected chi connectivity index (χ4v) is 3.77. The second-order valence-electron chi connectivity index (χ2n) is 7.79. The molecule has 0 bridgehead atoms. The van der Waals surface area contributed by atoms with E-state index in [1.165, 1.54) is 13.2 Å². The van der Waals surface area contributed by atoms with E-state index in [-0.39, 0.29) is 11.4 Å². The number of nitrogens with zero attached hydrogens (tertiary/aromatic N) is 2.